The lowest BCUT2D eigenvalue weighted by molar-refractivity contribution is 0.465. The molecule has 0 radical (unpaired) electrons. The molecule has 0 aliphatic heterocycles. The number of rotatable bonds is 0. The fourth-order valence-electron chi connectivity index (χ4n) is 2.19. The van der Waals surface area contributed by atoms with E-state index in [1.54, 1.807) is 0 Å². The van der Waals surface area contributed by atoms with Crippen LogP contribution < -0.4 is 11.5 Å². The van der Waals surface area contributed by atoms with E-state index < -0.39 is 0 Å². The number of nitrogens with two attached hydrogens (primary N) is 2. The quantitative estimate of drug-likeness (QED) is 0.650. The van der Waals surface area contributed by atoms with E-state index in [1.807, 2.05) is 0 Å². The molecule has 4 N–H and O–H groups in total. The van der Waals surface area contributed by atoms with Crippen LogP contribution in [0.3, 0.4) is 0 Å². The van der Waals surface area contributed by atoms with Crippen LogP contribution in [0.1, 0.15) is 70.6 Å². The van der Waals surface area contributed by atoms with E-state index in [4.69, 9.17) is 5.73 Å². The Labute approximate surface area is 95.8 Å². The molecule has 0 bridgehead atoms. The molecule has 1 rings (SSSR count). The van der Waals surface area contributed by atoms with Crippen LogP contribution in [0.5, 0.6) is 0 Å². The average molecular weight is 214 g/mol. The van der Waals surface area contributed by atoms with Crippen LogP contribution in [0.15, 0.2) is 0 Å². The van der Waals surface area contributed by atoms with Gasteiger partial charge in [0.15, 0.2) is 0 Å². The second-order valence-corrected chi connectivity index (χ2v) is 4.52. The molecule has 1 fully saturated rings. The van der Waals surface area contributed by atoms with Crippen LogP contribution in [-0.2, 0) is 0 Å². The maximum Gasteiger partial charge on any atom is 0.00388 e. The van der Waals surface area contributed by atoms with E-state index >= 15 is 0 Å². The maximum atomic E-state index is 6.01. The molecule has 15 heavy (non-hydrogen) atoms. The van der Waals surface area contributed by atoms with Gasteiger partial charge < -0.3 is 11.5 Å². The highest BCUT2D eigenvalue weighted by molar-refractivity contribution is 4.62. The molecule has 2 heteroatoms. The SMILES string of the molecule is CN.NC1CCCCCCCCCCC1. The van der Waals surface area contributed by atoms with E-state index in [2.05, 4.69) is 5.73 Å². The highest BCUT2D eigenvalue weighted by Crippen LogP contribution is 2.15. The van der Waals surface area contributed by atoms with Gasteiger partial charge in [-0.1, -0.05) is 57.8 Å². The first-order chi connectivity index (χ1) is 7.39. The zero-order valence-electron chi connectivity index (χ0n) is 10.5. The van der Waals surface area contributed by atoms with Crippen LogP contribution >= 0.6 is 0 Å². The standard InChI is InChI=1S/C12H25N.CH5N/c13-12-10-8-6-4-2-1-3-5-7-9-11-12;1-2/h12H,1-11,13H2;2H2,1H3. The molecule has 1 aliphatic carbocycles. The molecule has 0 unspecified atom stereocenters. The molecule has 2 nitrogen and oxygen atoms in total. The smallest absolute Gasteiger partial charge is 0.00388 e. The van der Waals surface area contributed by atoms with Gasteiger partial charge in [-0.25, -0.2) is 0 Å². The molecule has 0 heterocycles. The predicted molar refractivity (Wildman–Crippen MR) is 68.9 cm³/mol. The van der Waals surface area contributed by atoms with Crippen molar-refractivity contribution in [3.8, 4) is 0 Å². The van der Waals surface area contributed by atoms with Gasteiger partial charge in [0.05, 0.1) is 0 Å². The third-order valence-electron chi connectivity index (χ3n) is 3.15. The lowest BCUT2D eigenvalue weighted by Gasteiger charge is -2.12. The lowest BCUT2D eigenvalue weighted by Crippen LogP contribution is -2.19. The third-order valence-corrected chi connectivity index (χ3v) is 3.15. The van der Waals surface area contributed by atoms with Gasteiger partial charge in [-0.05, 0) is 19.9 Å². The highest BCUT2D eigenvalue weighted by atomic mass is 14.6. The summed E-state index contributed by atoms with van der Waals surface area (Å²) in [6, 6.07) is 0.499. The van der Waals surface area contributed by atoms with Crippen molar-refractivity contribution in [2.24, 2.45) is 11.5 Å². The van der Waals surface area contributed by atoms with Crippen molar-refractivity contribution in [2.75, 3.05) is 7.05 Å². The van der Waals surface area contributed by atoms with E-state index in [-0.39, 0.29) is 0 Å². The fraction of sp³-hybridized carbons (Fsp3) is 1.00. The Kier molecular flexibility index (Phi) is 11.9. The Bertz CT molecular complexity index is 103. The van der Waals surface area contributed by atoms with Crippen LogP contribution in [0, 0.1) is 0 Å². The van der Waals surface area contributed by atoms with E-state index in [0.29, 0.717) is 6.04 Å². The summed E-state index contributed by atoms with van der Waals surface area (Å²) in [7, 11) is 1.50. The van der Waals surface area contributed by atoms with E-state index in [0.717, 1.165) is 0 Å². The van der Waals surface area contributed by atoms with E-state index in [1.165, 1.54) is 77.7 Å². The van der Waals surface area contributed by atoms with Gasteiger partial charge >= 0.3 is 0 Å². The summed E-state index contributed by atoms with van der Waals surface area (Å²) in [5.41, 5.74) is 10.5. The first-order valence-electron chi connectivity index (χ1n) is 6.73. The molecule has 0 spiro atoms. The zero-order valence-corrected chi connectivity index (χ0v) is 10.5. The van der Waals surface area contributed by atoms with Gasteiger partial charge in [0.1, 0.15) is 0 Å². The van der Waals surface area contributed by atoms with Crippen molar-refractivity contribution in [1.29, 1.82) is 0 Å². The number of hydrogen-bond acceptors (Lipinski definition) is 2. The second kappa shape index (κ2) is 12.0. The molecule has 0 aromatic heterocycles. The molecule has 0 aromatic rings. The van der Waals surface area contributed by atoms with Crippen molar-refractivity contribution in [2.45, 2.75) is 76.7 Å². The van der Waals surface area contributed by atoms with Crippen molar-refractivity contribution < 1.29 is 0 Å². The Morgan fingerprint density at radius 3 is 1.20 bits per heavy atom. The predicted octanol–water partition coefficient (Wildman–Crippen LogP) is 3.19. The molecule has 92 valence electrons. The molecule has 1 saturated carbocycles. The average Bonchev–Trinajstić information content (AvgIpc) is 2.26. The van der Waals surface area contributed by atoms with Crippen LogP contribution in [-0.4, -0.2) is 13.1 Å². The number of hydrogen-bond donors (Lipinski definition) is 2. The Balaban J connectivity index is 0.000000921. The van der Waals surface area contributed by atoms with Gasteiger partial charge in [0.25, 0.3) is 0 Å². The summed E-state index contributed by atoms with van der Waals surface area (Å²) >= 11 is 0. The van der Waals surface area contributed by atoms with E-state index in [9.17, 15) is 0 Å². The molecule has 0 saturated heterocycles. The molecule has 0 atom stereocenters. The molecular weight excluding hydrogens is 184 g/mol. The normalized spacial score (nSPS) is 21.8. The van der Waals surface area contributed by atoms with Crippen molar-refractivity contribution in [1.82, 2.24) is 0 Å². The monoisotopic (exact) mass is 214 g/mol. The summed E-state index contributed by atoms with van der Waals surface area (Å²) in [6.45, 7) is 0. The third kappa shape index (κ3) is 10.2. The largest absolute Gasteiger partial charge is 0.333 e. The van der Waals surface area contributed by atoms with Crippen molar-refractivity contribution in [3.05, 3.63) is 0 Å². The summed E-state index contributed by atoms with van der Waals surface area (Å²) in [5, 5.41) is 0. The Hall–Kier alpha value is -0.0800. The van der Waals surface area contributed by atoms with Crippen molar-refractivity contribution in [3.63, 3.8) is 0 Å². The highest BCUT2D eigenvalue weighted by Gasteiger charge is 2.03. The van der Waals surface area contributed by atoms with Crippen LogP contribution in [0.2, 0.25) is 0 Å². The minimum absolute atomic E-state index is 0.499. The van der Waals surface area contributed by atoms with Gasteiger partial charge in [-0.2, -0.15) is 0 Å². The molecule has 0 aromatic carbocycles. The van der Waals surface area contributed by atoms with Crippen LogP contribution in [0.25, 0.3) is 0 Å². The minimum Gasteiger partial charge on any atom is -0.333 e. The minimum atomic E-state index is 0.499. The Morgan fingerprint density at radius 2 is 0.867 bits per heavy atom. The zero-order chi connectivity index (χ0) is 11.4. The summed E-state index contributed by atoms with van der Waals surface area (Å²) in [5.74, 6) is 0. The van der Waals surface area contributed by atoms with Gasteiger partial charge in [-0.3, -0.25) is 0 Å². The summed E-state index contributed by atoms with van der Waals surface area (Å²) in [6.07, 6.45) is 15.3. The van der Waals surface area contributed by atoms with Gasteiger partial charge in [0.2, 0.25) is 0 Å². The maximum absolute atomic E-state index is 6.01. The first-order valence-corrected chi connectivity index (χ1v) is 6.73. The van der Waals surface area contributed by atoms with Gasteiger partial charge in [-0.15, -0.1) is 0 Å². The van der Waals surface area contributed by atoms with Crippen molar-refractivity contribution >= 4 is 0 Å². The lowest BCUT2D eigenvalue weighted by atomic mass is 9.99. The summed E-state index contributed by atoms with van der Waals surface area (Å²) < 4.78 is 0. The van der Waals surface area contributed by atoms with Gasteiger partial charge in [0, 0.05) is 6.04 Å². The topological polar surface area (TPSA) is 52.0 Å². The molecule has 1 aliphatic rings. The Morgan fingerprint density at radius 1 is 0.600 bits per heavy atom. The van der Waals surface area contributed by atoms with Crippen LogP contribution in [0.4, 0.5) is 0 Å². The fourth-order valence-corrected chi connectivity index (χ4v) is 2.19. The second-order valence-electron chi connectivity index (χ2n) is 4.52. The summed E-state index contributed by atoms with van der Waals surface area (Å²) in [4.78, 5) is 0. The first kappa shape index (κ1) is 14.9. The molecular formula is C13H30N2. The molecule has 0 amide bonds.